The van der Waals surface area contributed by atoms with E-state index in [-0.39, 0.29) is 11.7 Å². The molecule has 3 aromatic rings. The molecule has 0 aliphatic carbocycles. The molecule has 0 radical (unpaired) electrons. The number of halogens is 1. The number of hydrogen-bond donors (Lipinski definition) is 1. The van der Waals surface area contributed by atoms with Crippen molar-refractivity contribution < 1.29 is 13.9 Å². The van der Waals surface area contributed by atoms with Gasteiger partial charge in [-0.15, -0.1) is 0 Å². The van der Waals surface area contributed by atoms with Crippen molar-refractivity contribution in [2.45, 2.75) is 20.0 Å². The van der Waals surface area contributed by atoms with Gasteiger partial charge in [-0.05, 0) is 48.4 Å². The molecule has 0 spiro atoms. The summed E-state index contributed by atoms with van der Waals surface area (Å²) in [6.07, 6.45) is 2.15. The first-order valence-electron chi connectivity index (χ1n) is 8.34. The molecule has 0 unspecified atom stereocenters. The highest BCUT2D eigenvalue weighted by Crippen LogP contribution is 2.19. The third-order valence-corrected chi connectivity index (χ3v) is 4.02. The zero-order valence-electron chi connectivity index (χ0n) is 14.7. The molecule has 6 heteroatoms. The van der Waals surface area contributed by atoms with Gasteiger partial charge in [0.2, 0.25) is 0 Å². The van der Waals surface area contributed by atoms with Crippen LogP contribution in [0.1, 0.15) is 28.5 Å². The van der Waals surface area contributed by atoms with Gasteiger partial charge in [0, 0.05) is 12.8 Å². The molecule has 0 bridgehead atoms. The van der Waals surface area contributed by atoms with Crippen molar-refractivity contribution in [2.24, 2.45) is 0 Å². The van der Waals surface area contributed by atoms with Crippen LogP contribution in [0.15, 0.2) is 54.7 Å². The first-order valence-corrected chi connectivity index (χ1v) is 8.34. The monoisotopic (exact) mass is 353 g/mol. The van der Waals surface area contributed by atoms with E-state index in [0.717, 1.165) is 11.3 Å². The molecule has 0 fully saturated rings. The largest absolute Gasteiger partial charge is 0.380 e. The van der Waals surface area contributed by atoms with E-state index in [4.69, 9.17) is 4.74 Å². The van der Waals surface area contributed by atoms with Gasteiger partial charge < -0.3 is 10.1 Å². The van der Waals surface area contributed by atoms with Crippen molar-refractivity contribution in [1.29, 1.82) is 0 Å². The lowest BCUT2D eigenvalue weighted by Crippen LogP contribution is -2.14. The Morgan fingerprint density at radius 1 is 1.23 bits per heavy atom. The summed E-state index contributed by atoms with van der Waals surface area (Å²) in [4.78, 5) is 12.7. The molecule has 1 amide bonds. The number of benzene rings is 2. The van der Waals surface area contributed by atoms with Crippen molar-refractivity contribution in [2.75, 3.05) is 12.4 Å². The Morgan fingerprint density at radius 2 is 2.00 bits per heavy atom. The molecular weight excluding hydrogens is 333 g/mol. The van der Waals surface area contributed by atoms with Gasteiger partial charge in [0.05, 0.1) is 29.7 Å². The lowest BCUT2D eigenvalue weighted by atomic mass is 10.1. The van der Waals surface area contributed by atoms with Crippen LogP contribution in [0.2, 0.25) is 0 Å². The Morgan fingerprint density at radius 3 is 2.69 bits per heavy atom. The summed E-state index contributed by atoms with van der Waals surface area (Å²) in [5, 5.41) is 7.21. The minimum absolute atomic E-state index is 0.232. The van der Waals surface area contributed by atoms with E-state index in [9.17, 15) is 9.18 Å². The Hall–Kier alpha value is -2.99. The second kappa shape index (κ2) is 7.93. The van der Waals surface area contributed by atoms with E-state index in [2.05, 4.69) is 10.4 Å². The molecule has 2 aromatic carbocycles. The van der Waals surface area contributed by atoms with Crippen molar-refractivity contribution in [3.8, 4) is 5.69 Å². The van der Waals surface area contributed by atoms with Gasteiger partial charge in [-0.2, -0.15) is 5.10 Å². The van der Waals surface area contributed by atoms with Crippen LogP contribution in [0.25, 0.3) is 5.69 Å². The zero-order chi connectivity index (χ0) is 18.5. The molecule has 1 aromatic heterocycles. The van der Waals surface area contributed by atoms with Crippen LogP contribution in [0.4, 0.5) is 10.1 Å². The number of amides is 1. The van der Waals surface area contributed by atoms with Crippen molar-refractivity contribution >= 4 is 11.6 Å². The fourth-order valence-electron chi connectivity index (χ4n) is 2.81. The maximum absolute atomic E-state index is 13.1. The molecule has 26 heavy (non-hydrogen) atoms. The Kier molecular flexibility index (Phi) is 5.43. The lowest BCUT2D eigenvalue weighted by molar-refractivity contribution is 0.102. The number of nitrogens with zero attached hydrogens (tertiary/aromatic N) is 2. The van der Waals surface area contributed by atoms with E-state index < -0.39 is 0 Å². The first-order chi connectivity index (χ1) is 12.6. The normalized spacial score (nSPS) is 10.7. The highest BCUT2D eigenvalue weighted by atomic mass is 19.1. The van der Waals surface area contributed by atoms with Gasteiger partial charge in [-0.25, -0.2) is 9.07 Å². The van der Waals surface area contributed by atoms with Crippen LogP contribution in [0.3, 0.4) is 0 Å². The van der Waals surface area contributed by atoms with Crippen LogP contribution < -0.4 is 5.32 Å². The summed E-state index contributed by atoms with van der Waals surface area (Å²) in [5.74, 6) is -0.544. The molecular formula is C20H20FN3O2. The Bertz CT molecular complexity index is 904. The van der Waals surface area contributed by atoms with Gasteiger partial charge >= 0.3 is 0 Å². The summed E-state index contributed by atoms with van der Waals surface area (Å²) >= 11 is 0. The number of methoxy groups -OCH3 is 1. The molecule has 3 rings (SSSR count). The highest BCUT2D eigenvalue weighted by Gasteiger charge is 2.17. The van der Waals surface area contributed by atoms with E-state index in [1.165, 1.54) is 18.3 Å². The molecule has 0 atom stereocenters. The quantitative estimate of drug-likeness (QED) is 0.729. The minimum atomic E-state index is -0.312. The molecule has 5 nitrogen and oxygen atoms in total. The molecule has 0 aliphatic heterocycles. The van der Waals surface area contributed by atoms with Crippen LogP contribution in [0.5, 0.6) is 0 Å². The van der Waals surface area contributed by atoms with E-state index >= 15 is 0 Å². The van der Waals surface area contributed by atoms with Gasteiger partial charge in [-0.1, -0.05) is 19.1 Å². The maximum atomic E-state index is 13.1. The van der Waals surface area contributed by atoms with Gasteiger partial charge in [-0.3, -0.25) is 4.79 Å². The Balaban J connectivity index is 1.86. The summed E-state index contributed by atoms with van der Waals surface area (Å²) in [6.45, 7) is 2.43. The number of rotatable bonds is 6. The second-order valence-electron chi connectivity index (χ2n) is 5.83. The zero-order valence-corrected chi connectivity index (χ0v) is 14.7. The minimum Gasteiger partial charge on any atom is -0.380 e. The van der Waals surface area contributed by atoms with Crippen molar-refractivity contribution in [3.63, 3.8) is 0 Å². The summed E-state index contributed by atoms with van der Waals surface area (Å²) in [7, 11) is 1.63. The predicted octanol–water partition coefficient (Wildman–Crippen LogP) is 3.97. The number of carbonyl (C=O) groups excluding carboxylic acids is 1. The third-order valence-electron chi connectivity index (χ3n) is 4.02. The van der Waals surface area contributed by atoms with E-state index in [0.29, 0.717) is 30.0 Å². The van der Waals surface area contributed by atoms with Crippen LogP contribution in [0, 0.1) is 5.82 Å². The van der Waals surface area contributed by atoms with Gasteiger partial charge in [0.15, 0.2) is 0 Å². The SMILES string of the molecule is CCc1c(C(=O)Nc2cccc(COC)c2)cnn1-c1ccc(F)cc1. The standard InChI is InChI=1S/C20H20FN3O2/c1-3-19-18(12-22-24(19)17-9-7-15(21)8-10-17)20(25)23-16-6-4-5-14(11-16)13-26-2/h4-12H,3,13H2,1-2H3,(H,23,25). The van der Waals surface area contributed by atoms with Crippen molar-refractivity contribution in [1.82, 2.24) is 9.78 Å². The van der Waals surface area contributed by atoms with Gasteiger partial charge in [0.25, 0.3) is 5.91 Å². The number of hydrogen-bond acceptors (Lipinski definition) is 3. The molecule has 1 heterocycles. The van der Waals surface area contributed by atoms with Crippen molar-refractivity contribution in [3.05, 3.63) is 77.4 Å². The Labute approximate surface area is 151 Å². The molecule has 0 aliphatic rings. The fourth-order valence-corrected chi connectivity index (χ4v) is 2.81. The number of ether oxygens (including phenoxy) is 1. The third kappa shape index (κ3) is 3.81. The molecule has 0 saturated carbocycles. The van der Waals surface area contributed by atoms with Crippen LogP contribution in [-0.2, 0) is 17.8 Å². The summed E-state index contributed by atoms with van der Waals surface area (Å²) in [6, 6.07) is 13.5. The lowest BCUT2D eigenvalue weighted by Gasteiger charge is -2.09. The smallest absolute Gasteiger partial charge is 0.259 e. The maximum Gasteiger partial charge on any atom is 0.259 e. The number of carbonyl (C=O) groups is 1. The highest BCUT2D eigenvalue weighted by molar-refractivity contribution is 6.05. The first kappa shape index (κ1) is 17.8. The molecule has 0 saturated heterocycles. The number of anilines is 1. The molecule has 134 valence electrons. The topological polar surface area (TPSA) is 56.1 Å². The van der Waals surface area contributed by atoms with Crippen LogP contribution in [-0.4, -0.2) is 22.8 Å². The van der Waals surface area contributed by atoms with E-state index in [1.807, 2.05) is 31.2 Å². The average molecular weight is 353 g/mol. The second-order valence-corrected chi connectivity index (χ2v) is 5.83. The fraction of sp³-hybridized carbons (Fsp3) is 0.200. The molecule has 1 N–H and O–H groups in total. The predicted molar refractivity (Wildman–Crippen MR) is 98.0 cm³/mol. The van der Waals surface area contributed by atoms with E-state index in [1.54, 1.807) is 23.9 Å². The number of nitrogens with one attached hydrogen (secondary N) is 1. The van der Waals surface area contributed by atoms with Crippen LogP contribution >= 0.6 is 0 Å². The van der Waals surface area contributed by atoms with Gasteiger partial charge in [0.1, 0.15) is 5.82 Å². The summed E-state index contributed by atoms with van der Waals surface area (Å²) < 4.78 is 19.9. The number of aromatic nitrogens is 2. The average Bonchev–Trinajstić information content (AvgIpc) is 3.07. The summed E-state index contributed by atoms with van der Waals surface area (Å²) in [5.41, 5.74) is 3.64.